The number of rotatable bonds is 9. The zero-order chi connectivity index (χ0) is 21.9. The van der Waals surface area contributed by atoms with Gasteiger partial charge in [-0.15, -0.1) is 0 Å². The van der Waals surface area contributed by atoms with Crippen molar-refractivity contribution in [3.8, 4) is 17.6 Å². The van der Waals surface area contributed by atoms with Gasteiger partial charge in [0.1, 0.15) is 18.2 Å². The predicted octanol–water partition coefficient (Wildman–Crippen LogP) is 4.89. The number of hydrogen-bond donors (Lipinski definition) is 1. The summed E-state index contributed by atoms with van der Waals surface area (Å²) < 4.78 is 11.6. The molecule has 31 heavy (non-hydrogen) atoms. The Hall–Kier alpha value is -4.04. The van der Waals surface area contributed by atoms with Gasteiger partial charge in [-0.2, -0.15) is 5.26 Å². The highest BCUT2D eigenvalue weighted by Gasteiger charge is 2.11. The van der Waals surface area contributed by atoms with Gasteiger partial charge in [0.2, 0.25) is 0 Å². The first-order valence-electron chi connectivity index (χ1n) is 10.1. The quantitative estimate of drug-likeness (QED) is 0.401. The lowest BCUT2D eigenvalue weighted by Gasteiger charge is -2.13. The lowest BCUT2D eigenvalue weighted by molar-refractivity contribution is -0.117. The number of benzene rings is 3. The minimum Gasteiger partial charge on any atom is -0.490 e. The minimum atomic E-state index is -0.422. The fourth-order valence-electron chi connectivity index (χ4n) is 2.93. The molecule has 5 nitrogen and oxygen atoms in total. The summed E-state index contributed by atoms with van der Waals surface area (Å²) in [4.78, 5) is 12.4. The molecule has 0 bridgehead atoms. The highest BCUT2D eigenvalue weighted by atomic mass is 16.5. The van der Waals surface area contributed by atoms with Crippen LogP contribution < -0.4 is 14.8 Å². The van der Waals surface area contributed by atoms with Crippen LogP contribution in [-0.4, -0.2) is 12.5 Å². The Morgan fingerprint density at radius 3 is 2.26 bits per heavy atom. The number of nitriles is 1. The molecule has 156 valence electrons. The van der Waals surface area contributed by atoms with E-state index in [0.717, 1.165) is 11.1 Å². The van der Waals surface area contributed by atoms with Crippen LogP contribution in [0.4, 0.5) is 0 Å². The summed E-state index contributed by atoms with van der Waals surface area (Å²) in [5, 5.41) is 12.2. The van der Waals surface area contributed by atoms with Crippen molar-refractivity contribution in [1.29, 1.82) is 5.26 Å². The van der Waals surface area contributed by atoms with Gasteiger partial charge in [0.25, 0.3) is 5.91 Å². The molecule has 3 rings (SSSR count). The second-order valence-electron chi connectivity index (χ2n) is 6.75. The van der Waals surface area contributed by atoms with Gasteiger partial charge < -0.3 is 14.8 Å². The van der Waals surface area contributed by atoms with Gasteiger partial charge in [-0.25, -0.2) is 0 Å². The first kappa shape index (κ1) is 21.7. The van der Waals surface area contributed by atoms with Crippen LogP contribution in [-0.2, 0) is 17.9 Å². The van der Waals surface area contributed by atoms with E-state index in [1.54, 1.807) is 24.3 Å². The highest BCUT2D eigenvalue weighted by molar-refractivity contribution is 6.01. The number of nitrogens with one attached hydrogen (secondary N) is 1. The lowest BCUT2D eigenvalue weighted by atomic mass is 10.1. The monoisotopic (exact) mass is 412 g/mol. The molecule has 3 aromatic carbocycles. The normalized spacial score (nSPS) is 10.8. The third-order valence-electron chi connectivity index (χ3n) is 4.48. The van der Waals surface area contributed by atoms with Crippen LogP contribution in [0.2, 0.25) is 0 Å². The zero-order valence-electron chi connectivity index (χ0n) is 17.4. The third-order valence-corrected chi connectivity index (χ3v) is 4.48. The molecule has 0 atom stereocenters. The van der Waals surface area contributed by atoms with Crippen LogP contribution in [0.15, 0.2) is 84.4 Å². The van der Waals surface area contributed by atoms with E-state index >= 15 is 0 Å². The van der Waals surface area contributed by atoms with Crippen molar-refractivity contribution in [1.82, 2.24) is 5.32 Å². The van der Waals surface area contributed by atoms with Crippen molar-refractivity contribution in [2.45, 2.75) is 20.1 Å². The molecule has 0 aliphatic rings. The number of ether oxygens (including phenoxy) is 2. The van der Waals surface area contributed by atoms with Gasteiger partial charge in [0, 0.05) is 6.54 Å². The van der Waals surface area contributed by atoms with Crippen molar-refractivity contribution in [2.24, 2.45) is 0 Å². The molecule has 0 unspecified atom stereocenters. The van der Waals surface area contributed by atoms with E-state index in [2.05, 4.69) is 5.32 Å². The molecule has 0 aliphatic carbocycles. The number of nitrogens with zero attached hydrogens (tertiary/aromatic N) is 1. The number of amides is 1. The van der Waals surface area contributed by atoms with Crippen LogP contribution >= 0.6 is 0 Å². The lowest BCUT2D eigenvalue weighted by Crippen LogP contribution is -2.23. The number of carbonyl (C=O) groups excluding carboxylic acids is 1. The molecular formula is C26H24N2O3. The summed E-state index contributed by atoms with van der Waals surface area (Å²) >= 11 is 0. The Morgan fingerprint density at radius 2 is 1.61 bits per heavy atom. The van der Waals surface area contributed by atoms with E-state index in [0.29, 0.717) is 36.8 Å². The molecule has 0 saturated heterocycles. The van der Waals surface area contributed by atoms with Gasteiger partial charge in [-0.1, -0.05) is 66.7 Å². The van der Waals surface area contributed by atoms with Gasteiger partial charge in [0.05, 0.1) is 6.61 Å². The van der Waals surface area contributed by atoms with Crippen molar-refractivity contribution in [2.75, 3.05) is 6.61 Å². The van der Waals surface area contributed by atoms with Crippen LogP contribution in [0.5, 0.6) is 11.5 Å². The molecule has 0 heterocycles. The standard InChI is InChI=1S/C26H24N2O3/c1-2-30-25-16-22(13-14-24(25)31-19-21-11-7-4-8-12-21)15-23(17-27)26(29)28-18-20-9-5-3-6-10-20/h3-16H,2,18-19H2,1H3,(H,28,29). The van der Waals surface area contributed by atoms with Gasteiger partial charge in [0.15, 0.2) is 11.5 Å². The maximum atomic E-state index is 12.4. The second kappa shape index (κ2) is 11.2. The zero-order valence-corrected chi connectivity index (χ0v) is 17.4. The van der Waals surface area contributed by atoms with Crippen LogP contribution in [0.25, 0.3) is 6.08 Å². The topological polar surface area (TPSA) is 71.3 Å². The summed E-state index contributed by atoms with van der Waals surface area (Å²) in [6, 6.07) is 26.7. The summed E-state index contributed by atoms with van der Waals surface area (Å²) in [6.07, 6.45) is 1.55. The molecule has 0 radical (unpaired) electrons. The van der Waals surface area contributed by atoms with E-state index in [1.807, 2.05) is 73.7 Å². The highest BCUT2D eigenvalue weighted by Crippen LogP contribution is 2.30. The first-order valence-corrected chi connectivity index (χ1v) is 10.1. The smallest absolute Gasteiger partial charge is 0.262 e. The minimum absolute atomic E-state index is 0.0244. The van der Waals surface area contributed by atoms with E-state index in [1.165, 1.54) is 0 Å². The average molecular weight is 412 g/mol. The molecule has 0 spiro atoms. The third kappa shape index (κ3) is 6.48. The Balaban J connectivity index is 1.72. The SMILES string of the molecule is CCOc1cc(C=C(C#N)C(=O)NCc2ccccc2)ccc1OCc1ccccc1. The molecule has 0 aliphatic heterocycles. The van der Waals surface area contributed by atoms with Gasteiger partial charge in [-0.05, 0) is 41.8 Å². The molecule has 5 heteroatoms. The van der Waals surface area contributed by atoms with Gasteiger partial charge in [-0.3, -0.25) is 4.79 Å². The summed E-state index contributed by atoms with van der Waals surface area (Å²) in [5.41, 5.74) is 2.72. The molecule has 0 saturated carbocycles. The van der Waals surface area contributed by atoms with Crippen LogP contribution in [0.3, 0.4) is 0 Å². The molecule has 3 aromatic rings. The first-order chi connectivity index (χ1) is 15.2. The Kier molecular flexibility index (Phi) is 7.84. The Labute approximate surface area is 182 Å². The largest absolute Gasteiger partial charge is 0.490 e. The maximum absolute atomic E-state index is 12.4. The average Bonchev–Trinajstić information content (AvgIpc) is 2.82. The Morgan fingerprint density at radius 1 is 0.935 bits per heavy atom. The molecular weight excluding hydrogens is 388 g/mol. The fraction of sp³-hybridized carbons (Fsp3) is 0.154. The Bertz CT molecular complexity index is 1070. The van der Waals surface area contributed by atoms with Gasteiger partial charge >= 0.3 is 0 Å². The van der Waals surface area contributed by atoms with E-state index < -0.39 is 5.91 Å². The van der Waals surface area contributed by atoms with Crippen molar-refractivity contribution >= 4 is 12.0 Å². The number of hydrogen-bond acceptors (Lipinski definition) is 4. The van der Waals surface area contributed by atoms with E-state index in [4.69, 9.17) is 9.47 Å². The molecule has 0 fully saturated rings. The second-order valence-corrected chi connectivity index (χ2v) is 6.75. The van der Waals surface area contributed by atoms with Crippen LogP contribution in [0, 0.1) is 11.3 Å². The molecule has 1 amide bonds. The molecule has 1 N–H and O–H groups in total. The summed E-state index contributed by atoms with van der Waals surface area (Å²) in [5.74, 6) is 0.748. The van der Waals surface area contributed by atoms with Crippen molar-refractivity contribution < 1.29 is 14.3 Å². The maximum Gasteiger partial charge on any atom is 0.262 e. The van der Waals surface area contributed by atoms with E-state index in [-0.39, 0.29) is 5.57 Å². The predicted molar refractivity (Wildman–Crippen MR) is 120 cm³/mol. The fourth-order valence-corrected chi connectivity index (χ4v) is 2.93. The van der Waals surface area contributed by atoms with Crippen LogP contribution in [0.1, 0.15) is 23.6 Å². The molecule has 0 aromatic heterocycles. The summed E-state index contributed by atoms with van der Waals surface area (Å²) in [6.45, 7) is 3.13. The van der Waals surface area contributed by atoms with Crippen molar-refractivity contribution in [3.63, 3.8) is 0 Å². The number of carbonyl (C=O) groups is 1. The van der Waals surface area contributed by atoms with E-state index in [9.17, 15) is 10.1 Å². The van der Waals surface area contributed by atoms with Crippen molar-refractivity contribution in [3.05, 3.63) is 101 Å². The summed E-state index contributed by atoms with van der Waals surface area (Å²) in [7, 11) is 0.